The number of carbonyl (C=O) groups excluding carboxylic acids is 1. The zero-order valence-electron chi connectivity index (χ0n) is 14.7. The van der Waals surface area contributed by atoms with E-state index in [9.17, 15) is 4.79 Å². The summed E-state index contributed by atoms with van der Waals surface area (Å²) >= 11 is 1.65. The van der Waals surface area contributed by atoms with Crippen molar-refractivity contribution in [1.82, 2.24) is 24.6 Å². The van der Waals surface area contributed by atoms with Crippen molar-refractivity contribution in [3.05, 3.63) is 83.2 Å². The molecule has 0 unspecified atom stereocenters. The molecule has 1 amide bonds. The molecule has 0 saturated carbocycles. The Hall–Kier alpha value is -3.19. The van der Waals surface area contributed by atoms with E-state index in [0.717, 1.165) is 23.4 Å². The van der Waals surface area contributed by atoms with Gasteiger partial charge >= 0.3 is 0 Å². The molecule has 136 valence electrons. The van der Waals surface area contributed by atoms with Crippen molar-refractivity contribution in [3.63, 3.8) is 0 Å². The lowest BCUT2D eigenvalue weighted by atomic mass is 10.1. The van der Waals surface area contributed by atoms with Crippen LogP contribution in [-0.4, -0.2) is 31.8 Å². The van der Waals surface area contributed by atoms with Crippen LogP contribution in [0.5, 0.6) is 0 Å². The van der Waals surface area contributed by atoms with Gasteiger partial charge in [0.05, 0.1) is 18.6 Å². The van der Waals surface area contributed by atoms with Crippen LogP contribution in [0.25, 0.3) is 11.3 Å². The van der Waals surface area contributed by atoms with Crippen molar-refractivity contribution in [1.29, 1.82) is 0 Å². The van der Waals surface area contributed by atoms with Gasteiger partial charge in [0.25, 0.3) is 5.91 Å². The first-order valence-electron chi connectivity index (χ1n) is 8.67. The molecule has 1 N–H and O–H groups in total. The van der Waals surface area contributed by atoms with E-state index in [-0.39, 0.29) is 5.91 Å². The predicted molar refractivity (Wildman–Crippen MR) is 106 cm³/mol. The molecule has 0 fully saturated rings. The minimum Gasteiger partial charge on any atom is -0.350 e. The number of aromatic nitrogens is 4. The fraction of sp³-hybridized carbons (Fsp3) is 0.150. The summed E-state index contributed by atoms with van der Waals surface area (Å²) in [7, 11) is 0. The molecule has 0 aliphatic carbocycles. The molecule has 0 atom stereocenters. The van der Waals surface area contributed by atoms with Gasteiger partial charge in [0.2, 0.25) is 0 Å². The number of amides is 1. The van der Waals surface area contributed by atoms with Crippen molar-refractivity contribution in [2.75, 3.05) is 6.54 Å². The summed E-state index contributed by atoms with van der Waals surface area (Å²) in [5.74, 6) is -0.0746. The lowest BCUT2D eigenvalue weighted by molar-refractivity contribution is 0.0952. The molecule has 7 heteroatoms. The minimum atomic E-state index is -0.0746. The quantitative estimate of drug-likeness (QED) is 0.537. The molecule has 0 aliphatic heterocycles. The summed E-state index contributed by atoms with van der Waals surface area (Å²) in [5.41, 5.74) is 3.86. The number of rotatable bonds is 7. The lowest BCUT2D eigenvalue weighted by Crippen LogP contribution is -2.27. The molecule has 0 bridgehead atoms. The molecule has 0 spiro atoms. The highest BCUT2D eigenvalue weighted by Gasteiger charge is 2.06. The molecular weight excluding hydrogens is 358 g/mol. The van der Waals surface area contributed by atoms with E-state index in [1.54, 1.807) is 23.9 Å². The van der Waals surface area contributed by atoms with Gasteiger partial charge < -0.3 is 9.88 Å². The molecule has 1 aromatic carbocycles. The van der Waals surface area contributed by atoms with Gasteiger partial charge in [-0.05, 0) is 35.2 Å². The van der Waals surface area contributed by atoms with Crippen LogP contribution in [0.4, 0.5) is 0 Å². The number of nitrogens with zero attached hydrogens (tertiary/aromatic N) is 4. The van der Waals surface area contributed by atoms with Gasteiger partial charge in [-0.2, -0.15) is 16.4 Å². The zero-order chi connectivity index (χ0) is 18.5. The number of thiophene rings is 1. The van der Waals surface area contributed by atoms with Gasteiger partial charge in [0.15, 0.2) is 0 Å². The first kappa shape index (κ1) is 17.2. The molecule has 4 aromatic rings. The summed E-state index contributed by atoms with van der Waals surface area (Å²) < 4.78 is 3.84. The lowest BCUT2D eigenvalue weighted by Gasteiger charge is -2.07. The molecule has 6 nitrogen and oxygen atoms in total. The van der Waals surface area contributed by atoms with E-state index in [1.807, 2.05) is 57.4 Å². The van der Waals surface area contributed by atoms with E-state index in [2.05, 4.69) is 26.8 Å². The van der Waals surface area contributed by atoms with E-state index >= 15 is 0 Å². The summed E-state index contributed by atoms with van der Waals surface area (Å²) in [6, 6.07) is 11.7. The normalized spacial score (nSPS) is 10.8. The van der Waals surface area contributed by atoms with Crippen LogP contribution in [0.1, 0.15) is 15.9 Å². The summed E-state index contributed by atoms with van der Waals surface area (Å²) in [4.78, 5) is 16.3. The summed E-state index contributed by atoms with van der Waals surface area (Å²) in [5, 5.41) is 11.6. The van der Waals surface area contributed by atoms with Crippen LogP contribution in [0.3, 0.4) is 0 Å². The van der Waals surface area contributed by atoms with Crippen molar-refractivity contribution in [2.24, 2.45) is 0 Å². The van der Waals surface area contributed by atoms with Gasteiger partial charge in [0, 0.05) is 48.2 Å². The Morgan fingerprint density at radius 1 is 1.11 bits per heavy atom. The van der Waals surface area contributed by atoms with Gasteiger partial charge in [-0.1, -0.05) is 12.1 Å². The maximum absolute atomic E-state index is 12.3. The molecule has 4 rings (SSSR count). The highest BCUT2D eigenvalue weighted by Crippen LogP contribution is 2.19. The second kappa shape index (κ2) is 8.01. The third kappa shape index (κ3) is 4.32. The van der Waals surface area contributed by atoms with E-state index < -0.39 is 0 Å². The van der Waals surface area contributed by atoms with Crippen LogP contribution in [0.2, 0.25) is 0 Å². The van der Waals surface area contributed by atoms with Gasteiger partial charge in [-0.3, -0.25) is 9.48 Å². The fourth-order valence-corrected chi connectivity index (χ4v) is 3.44. The molecule has 27 heavy (non-hydrogen) atoms. The highest BCUT2D eigenvalue weighted by molar-refractivity contribution is 7.08. The van der Waals surface area contributed by atoms with E-state index in [0.29, 0.717) is 18.7 Å². The average Bonchev–Trinajstić information content (AvgIpc) is 3.44. The summed E-state index contributed by atoms with van der Waals surface area (Å²) in [6.45, 7) is 1.91. The van der Waals surface area contributed by atoms with Crippen LogP contribution in [0, 0.1) is 0 Å². The third-order valence-electron chi connectivity index (χ3n) is 4.22. The number of imidazole rings is 1. The van der Waals surface area contributed by atoms with Crippen molar-refractivity contribution in [2.45, 2.75) is 13.1 Å². The Labute approximate surface area is 161 Å². The standard InChI is InChI=1S/C20H19N5OS/c26-20(17-3-1-16(2-4-17)13-24-10-7-21-15-24)22-8-11-25-9-5-19(23-25)18-6-12-27-14-18/h1-7,9-10,12,14-15H,8,11,13H2,(H,22,26). The number of carbonyl (C=O) groups is 1. The Morgan fingerprint density at radius 3 is 2.74 bits per heavy atom. The molecule has 3 aromatic heterocycles. The molecule has 0 saturated heterocycles. The maximum atomic E-state index is 12.3. The first-order valence-corrected chi connectivity index (χ1v) is 9.61. The Balaban J connectivity index is 1.28. The smallest absolute Gasteiger partial charge is 0.251 e. The van der Waals surface area contributed by atoms with Gasteiger partial charge in [-0.25, -0.2) is 4.98 Å². The van der Waals surface area contributed by atoms with Crippen molar-refractivity contribution < 1.29 is 4.79 Å². The largest absolute Gasteiger partial charge is 0.350 e. The van der Waals surface area contributed by atoms with Crippen LogP contribution in [0.15, 0.2) is 72.1 Å². The zero-order valence-corrected chi connectivity index (χ0v) is 15.5. The third-order valence-corrected chi connectivity index (χ3v) is 4.91. The molecular formula is C20H19N5OS. The first-order chi connectivity index (χ1) is 13.3. The Kier molecular flexibility index (Phi) is 5.11. The average molecular weight is 377 g/mol. The molecule has 0 aliphatic rings. The monoisotopic (exact) mass is 377 g/mol. The molecule has 3 heterocycles. The fourth-order valence-electron chi connectivity index (χ4n) is 2.79. The van der Waals surface area contributed by atoms with Crippen LogP contribution < -0.4 is 5.32 Å². The number of hydrogen-bond donors (Lipinski definition) is 1. The number of benzene rings is 1. The Morgan fingerprint density at radius 2 is 2.00 bits per heavy atom. The van der Waals surface area contributed by atoms with Crippen molar-refractivity contribution >= 4 is 17.2 Å². The minimum absolute atomic E-state index is 0.0746. The number of nitrogens with one attached hydrogen (secondary N) is 1. The Bertz CT molecular complexity index is 988. The van der Waals surface area contributed by atoms with Crippen molar-refractivity contribution in [3.8, 4) is 11.3 Å². The second-order valence-electron chi connectivity index (χ2n) is 6.16. The predicted octanol–water partition coefficient (Wildman–Crippen LogP) is 3.29. The van der Waals surface area contributed by atoms with E-state index in [4.69, 9.17) is 0 Å². The van der Waals surface area contributed by atoms with Crippen LogP contribution >= 0.6 is 11.3 Å². The highest BCUT2D eigenvalue weighted by atomic mass is 32.1. The molecule has 0 radical (unpaired) electrons. The number of hydrogen-bond acceptors (Lipinski definition) is 4. The van der Waals surface area contributed by atoms with E-state index in [1.165, 1.54) is 0 Å². The maximum Gasteiger partial charge on any atom is 0.251 e. The van der Waals surface area contributed by atoms with Crippen LogP contribution in [-0.2, 0) is 13.1 Å². The topological polar surface area (TPSA) is 64.7 Å². The van der Waals surface area contributed by atoms with Gasteiger partial charge in [-0.15, -0.1) is 0 Å². The van der Waals surface area contributed by atoms with Gasteiger partial charge in [0.1, 0.15) is 0 Å². The SMILES string of the molecule is O=C(NCCn1ccc(-c2ccsc2)n1)c1ccc(Cn2ccnc2)cc1. The summed E-state index contributed by atoms with van der Waals surface area (Å²) in [6.07, 6.45) is 7.38. The second-order valence-corrected chi connectivity index (χ2v) is 6.94.